The van der Waals surface area contributed by atoms with Crippen molar-refractivity contribution in [2.45, 2.75) is 13.3 Å². The van der Waals surface area contributed by atoms with Crippen molar-refractivity contribution >= 4 is 18.1 Å². The van der Waals surface area contributed by atoms with Gasteiger partial charge >= 0.3 is 0 Å². The molecule has 84 valence electrons. The van der Waals surface area contributed by atoms with E-state index in [1.165, 1.54) is 17.7 Å². The van der Waals surface area contributed by atoms with Crippen molar-refractivity contribution in [2.75, 3.05) is 24.5 Å². The first-order chi connectivity index (χ1) is 6.79. The van der Waals surface area contributed by atoms with Gasteiger partial charge in [-0.05, 0) is 37.9 Å². The van der Waals surface area contributed by atoms with Crippen molar-refractivity contribution in [2.24, 2.45) is 11.7 Å². The van der Waals surface area contributed by atoms with Gasteiger partial charge in [-0.3, -0.25) is 0 Å². The summed E-state index contributed by atoms with van der Waals surface area (Å²) in [6.07, 6.45) is 1.24. The van der Waals surface area contributed by atoms with Gasteiger partial charge in [-0.2, -0.15) is 0 Å². The molecule has 0 spiro atoms. The zero-order chi connectivity index (χ0) is 9.97. The van der Waals surface area contributed by atoms with Crippen LogP contribution in [0.1, 0.15) is 12.0 Å². The zero-order valence-corrected chi connectivity index (χ0v) is 9.96. The lowest BCUT2D eigenvalue weighted by atomic mass is 10.1. The molecule has 0 aromatic heterocycles. The maximum Gasteiger partial charge on any atom is 0.0366 e. The van der Waals surface area contributed by atoms with Crippen LogP contribution >= 0.6 is 12.4 Å². The standard InChI is InChI=1S/C12H18N2.ClH/c1-10-2-4-12(5-3-10)14-7-6-11(8-13)9-14;/h2-5,11H,6-9,13H2,1H3;1H. The van der Waals surface area contributed by atoms with Crippen molar-refractivity contribution in [1.82, 2.24) is 0 Å². The summed E-state index contributed by atoms with van der Waals surface area (Å²) in [7, 11) is 0. The highest BCUT2D eigenvalue weighted by atomic mass is 35.5. The fourth-order valence-corrected chi connectivity index (χ4v) is 2.02. The zero-order valence-electron chi connectivity index (χ0n) is 9.15. The number of nitrogens with two attached hydrogens (primary N) is 1. The molecule has 0 amide bonds. The highest BCUT2D eigenvalue weighted by molar-refractivity contribution is 5.85. The monoisotopic (exact) mass is 226 g/mol. The third kappa shape index (κ3) is 2.86. The molecule has 0 bridgehead atoms. The molecule has 15 heavy (non-hydrogen) atoms. The molecule has 3 heteroatoms. The van der Waals surface area contributed by atoms with E-state index in [1.807, 2.05) is 0 Å². The molecular formula is C12H19ClN2. The van der Waals surface area contributed by atoms with Gasteiger partial charge in [-0.25, -0.2) is 0 Å². The summed E-state index contributed by atoms with van der Waals surface area (Å²) < 4.78 is 0. The molecule has 0 saturated carbocycles. The lowest BCUT2D eigenvalue weighted by Crippen LogP contribution is -2.22. The first-order valence-electron chi connectivity index (χ1n) is 5.31. The van der Waals surface area contributed by atoms with Crippen molar-refractivity contribution < 1.29 is 0 Å². The van der Waals surface area contributed by atoms with Gasteiger partial charge < -0.3 is 10.6 Å². The van der Waals surface area contributed by atoms with E-state index in [4.69, 9.17) is 5.73 Å². The number of hydrogen-bond acceptors (Lipinski definition) is 2. The van der Waals surface area contributed by atoms with Crippen molar-refractivity contribution in [3.63, 3.8) is 0 Å². The number of hydrogen-bond donors (Lipinski definition) is 1. The number of anilines is 1. The molecule has 1 aliphatic heterocycles. The van der Waals surface area contributed by atoms with Gasteiger partial charge in [0.05, 0.1) is 0 Å². The number of benzene rings is 1. The van der Waals surface area contributed by atoms with Crippen LogP contribution in [0.3, 0.4) is 0 Å². The molecule has 1 fully saturated rings. The summed E-state index contributed by atoms with van der Waals surface area (Å²) in [6, 6.07) is 8.75. The highest BCUT2D eigenvalue weighted by Crippen LogP contribution is 2.23. The van der Waals surface area contributed by atoms with Crippen molar-refractivity contribution in [3.05, 3.63) is 29.8 Å². The molecule has 1 heterocycles. The molecular weight excluding hydrogens is 208 g/mol. The molecule has 1 atom stereocenters. The Morgan fingerprint density at radius 1 is 1.33 bits per heavy atom. The first kappa shape index (κ1) is 12.3. The van der Waals surface area contributed by atoms with E-state index < -0.39 is 0 Å². The van der Waals surface area contributed by atoms with E-state index in [9.17, 15) is 0 Å². The van der Waals surface area contributed by atoms with E-state index in [0.29, 0.717) is 5.92 Å². The minimum atomic E-state index is 0. The average Bonchev–Trinajstić information content (AvgIpc) is 2.67. The molecule has 1 aromatic carbocycles. The molecule has 1 unspecified atom stereocenters. The van der Waals surface area contributed by atoms with Crippen LogP contribution in [0.5, 0.6) is 0 Å². The summed E-state index contributed by atoms with van der Waals surface area (Å²) in [5, 5.41) is 0. The Balaban J connectivity index is 0.00000112. The SMILES string of the molecule is Cc1ccc(N2CCC(CN)C2)cc1.Cl. The number of rotatable bonds is 2. The van der Waals surface area contributed by atoms with Gasteiger partial charge in [0.25, 0.3) is 0 Å². The fraction of sp³-hybridized carbons (Fsp3) is 0.500. The Morgan fingerprint density at radius 2 is 2.00 bits per heavy atom. The smallest absolute Gasteiger partial charge is 0.0366 e. The van der Waals surface area contributed by atoms with Gasteiger partial charge in [0, 0.05) is 18.8 Å². The van der Waals surface area contributed by atoms with E-state index in [1.54, 1.807) is 0 Å². The van der Waals surface area contributed by atoms with Gasteiger partial charge in [-0.15, -0.1) is 12.4 Å². The Kier molecular flexibility index (Phi) is 4.43. The molecule has 0 aliphatic carbocycles. The molecule has 1 saturated heterocycles. The molecule has 1 aliphatic rings. The van der Waals surface area contributed by atoms with Crippen LogP contribution in [0.25, 0.3) is 0 Å². The summed E-state index contributed by atoms with van der Waals surface area (Å²) in [6.45, 7) is 5.23. The van der Waals surface area contributed by atoms with Gasteiger partial charge in [-0.1, -0.05) is 17.7 Å². The van der Waals surface area contributed by atoms with Gasteiger partial charge in [0.15, 0.2) is 0 Å². The second kappa shape index (κ2) is 5.38. The topological polar surface area (TPSA) is 29.3 Å². The van der Waals surface area contributed by atoms with E-state index >= 15 is 0 Å². The lowest BCUT2D eigenvalue weighted by Gasteiger charge is -2.18. The van der Waals surface area contributed by atoms with Gasteiger partial charge in [0.1, 0.15) is 0 Å². The first-order valence-corrected chi connectivity index (χ1v) is 5.31. The van der Waals surface area contributed by atoms with Crippen LogP contribution in [0, 0.1) is 12.8 Å². The fourth-order valence-electron chi connectivity index (χ4n) is 2.02. The number of nitrogens with zero attached hydrogens (tertiary/aromatic N) is 1. The summed E-state index contributed by atoms with van der Waals surface area (Å²) >= 11 is 0. The second-order valence-corrected chi connectivity index (χ2v) is 4.17. The maximum absolute atomic E-state index is 5.67. The molecule has 0 radical (unpaired) electrons. The molecule has 1 aromatic rings. The van der Waals surface area contributed by atoms with Crippen LogP contribution in [0.15, 0.2) is 24.3 Å². The minimum absolute atomic E-state index is 0. The van der Waals surface area contributed by atoms with Crippen molar-refractivity contribution in [1.29, 1.82) is 0 Å². The van der Waals surface area contributed by atoms with Gasteiger partial charge in [0.2, 0.25) is 0 Å². The minimum Gasteiger partial charge on any atom is -0.371 e. The van der Waals surface area contributed by atoms with Crippen LogP contribution in [0.2, 0.25) is 0 Å². The van der Waals surface area contributed by atoms with E-state index in [2.05, 4.69) is 36.1 Å². The highest BCUT2D eigenvalue weighted by Gasteiger charge is 2.20. The summed E-state index contributed by atoms with van der Waals surface area (Å²) in [4.78, 5) is 2.43. The largest absolute Gasteiger partial charge is 0.371 e. The predicted molar refractivity (Wildman–Crippen MR) is 67.8 cm³/mol. The Hall–Kier alpha value is -0.730. The second-order valence-electron chi connectivity index (χ2n) is 4.17. The Morgan fingerprint density at radius 3 is 2.53 bits per heavy atom. The summed E-state index contributed by atoms with van der Waals surface area (Å²) in [5.74, 6) is 0.691. The van der Waals surface area contributed by atoms with Crippen LogP contribution in [-0.2, 0) is 0 Å². The quantitative estimate of drug-likeness (QED) is 0.838. The van der Waals surface area contributed by atoms with Crippen LogP contribution in [-0.4, -0.2) is 19.6 Å². The maximum atomic E-state index is 5.67. The lowest BCUT2D eigenvalue weighted by molar-refractivity contribution is 0.602. The predicted octanol–water partition coefficient (Wildman–Crippen LogP) is 2.20. The molecule has 2 N–H and O–H groups in total. The normalized spacial score (nSPS) is 20.1. The van der Waals surface area contributed by atoms with Crippen molar-refractivity contribution in [3.8, 4) is 0 Å². The number of halogens is 1. The molecule has 2 rings (SSSR count). The third-order valence-corrected chi connectivity index (χ3v) is 3.02. The Bertz CT molecular complexity index is 297. The third-order valence-electron chi connectivity index (χ3n) is 3.02. The molecule has 2 nitrogen and oxygen atoms in total. The van der Waals surface area contributed by atoms with E-state index in [0.717, 1.165) is 19.6 Å². The number of aryl methyl sites for hydroxylation is 1. The van der Waals surface area contributed by atoms with Crippen LogP contribution in [0.4, 0.5) is 5.69 Å². The van der Waals surface area contributed by atoms with Crippen LogP contribution < -0.4 is 10.6 Å². The average molecular weight is 227 g/mol. The van der Waals surface area contributed by atoms with E-state index in [-0.39, 0.29) is 12.4 Å². The Labute approximate surface area is 97.9 Å². The summed E-state index contributed by atoms with van der Waals surface area (Å²) in [5.41, 5.74) is 8.33.